The molecule has 6 heteroatoms. The Bertz CT molecular complexity index is 399. The van der Waals surface area contributed by atoms with Crippen molar-refractivity contribution in [1.82, 2.24) is 20.4 Å². The van der Waals surface area contributed by atoms with Gasteiger partial charge in [0.15, 0.2) is 0 Å². The Morgan fingerprint density at radius 3 is 2.93 bits per heavy atom. The van der Waals surface area contributed by atoms with Crippen molar-refractivity contribution in [3.63, 3.8) is 0 Å². The van der Waals surface area contributed by atoms with Crippen molar-refractivity contribution in [2.75, 3.05) is 6.54 Å². The normalized spacial score (nSPS) is 10.4. The number of nitrogens with two attached hydrogens (primary N) is 1. The molecule has 72 valence electrons. The van der Waals surface area contributed by atoms with Gasteiger partial charge in [-0.3, -0.25) is 0 Å². The molecular formula is C8H9N5S. The predicted octanol–water partition coefficient (Wildman–Crippen LogP) is 0.496. The van der Waals surface area contributed by atoms with Crippen molar-refractivity contribution in [3.05, 3.63) is 23.5 Å². The van der Waals surface area contributed by atoms with Crippen LogP contribution in [0.25, 0.3) is 10.6 Å². The van der Waals surface area contributed by atoms with Crippen LogP contribution in [0.4, 0.5) is 0 Å². The number of hydrogen-bond acceptors (Lipinski definition) is 6. The van der Waals surface area contributed by atoms with E-state index in [4.69, 9.17) is 5.73 Å². The number of nitrogens with zero attached hydrogens (tertiary/aromatic N) is 4. The monoisotopic (exact) mass is 207 g/mol. The molecule has 0 aliphatic carbocycles. The van der Waals surface area contributed by atoms with Crippen molar-refractivity contribution < 1.29 is 0 Å². The van der Waals surface area contributed by atoms with Gasteiger partial charge in [0, 0.05) is 12.0 Å². The van der Waals surface area contributed by atoms with E-state index in [0.717, 1.165) is 22.0 Å². The van der Waals surface area contributed by atoms with Crippen molar-refractivity contribution in [3.8, 4) is 10.6 Å². The second-order valence-electron chi connectivity index (χ2n) is 2.67. The van der Waals surface area contributed by atoms with E-state index in [1.165, 1.54) is 0 Å². The molecule has 0 radical (unpaired) electrons. The maximum atomic E-state index is 5.43. The average molecular weight is 207 g/mol. The van der Waals surface area contributed by atoms with Gasteiger partial charge in [0.25, 0.3) is 0 Å². The lowest BCUT2D eigenvalue weighted by molar-refractivity contribution is 0.913. The number of aromatic nitrogens is 4. The summed E-state index contributed by atoms with van der Waals surface area (Å²) in [4.78, 5) is 0. The third-order valence-corrected chi connectivity index (χ3v) is 2.69. The van der Waals surface area contributed by atoms with Gasteiger partial charge in [-0.25, -0.2) is 0 Å². The van der Waals surface area contributed by atoms with Crippen LogP contribution in [0.2, 0.25) is 0 Å². The van der Waals surface area contributed by atoms with E-state index in [-0.39, 0.29) is 0 Å². The maximum absolute atomic E-state index is 5.43. The fraction of sp³-hybridized carbons (Fsp3) is 0.250. The summed E-state index contributed by atoms with van der Waals surface area (Å²) in [5.74, 6) is 0. The molecule has 2 N–H and O–H groups in total. The van der Waals surface area contributed by atoms with Crippen molar-refractivity contribution in [2.45, 2.75) is 6.42 Å². The summed E-state index contributed by atoms with van der Waals surface area (Å²) >= 11 is 1.54. The molecule has 5 nitrogen and oxygen atoms in total. The molecule has 2 aromatic rings. The first-order valence-corrected chi connectivity index (χ1v) is 5.01. The zero-order valence-corrected chi connectivity index (χ0v) is 8.24. The first-order valence-electron chi connectivity index (χ1n) is 4.19. The van der Waals surface area contributed by atoms with Gasteiger partial charge < -0.3 is 5.73 Å². The molecule has 2 aromatic heterocycles. The van der Waals surface area contributed by atoms with E-state index in [2.05, 4.69) is 20.4 Å². The summed E-state index contributed by atoms with van der Waals surface area (Å²) in [6.45, 7) is 0.600. The minimum Gasteiger partial charge on any atom is -0.330 e. The number of rotatable bonds is 3. The van der Waals surface area contributed by atoms with Crippen LogP contribution in [0.15, 0.2) is 18.5 Å². The lowest BCUT2D eigenvalue weighted by atomic mass is 10.3. The summed E-state index contributed by atoms with van der Waals surface area (Å²) in [6, 6.07) is 1.86. The van der Waals surface area contributed by atoms with Crippen molar-refractivity contribution in [2.24, 2.45) is 5.73 Å². The first kappa shape index (κ1) is 9.17. The van der Waals surface area contributed by atoms with E-state index in [1.807, 2.05) is 6.07 Å². The fourth-order valence-corrected chi connectivity index (χ4v) is 1.86. The molecule has 0 aromatic carbocycles. The van der Waals surface area contributed by atoms with Crippen LogP contribution in [0, 0.1) is 0 Å². The van der Waals surface area contributed by atoms with Crippen LogP contribution in [0.1, 0.15) is 5.01 Å². The van der Waals surface area contributed by atoms with Gasteiger partial charge in [-0.05, 0) is 12.6 Å². The zero-order valence-electron chi connectivity index (χ0n) is 7.42. The van der Waals surface area contributed by atoms with E-state index in [0.29, 0.717) is 6.54 Å². The molecule has 0 saturated carbocycles. The Balaban J connectivity index is 2.25. The van der Waals surface area contributed by atoms with Gasteiger partial charge in [-0.2, -0.15) is 10.2 Å². The quantitative estimate of drug-likeness (QED) is 0.792. The Labute approximate surface area is 85.0 Å². The summed E-state index contributed by atoms with van der Waals surface area (Å²) in [5.41, 5.74) is 6.37. The topological polar surface area (TPSA) is 77.6 Å². The zero-order chi connectivity index (χ0) is 9.80. The second-order valence-corrected chi connectivity index (χ2v) is 3.73. The highest BCUT2D eigenvalue weighted by atomic mass is 32.1. The molecule has 2 heterocycles. The standard InChI is InChI=1S/C8H9N5S/c9-3-1-7-12-13-8(14-7)6-2-4-10-11-5-6/h2,4-5H,1,3,9H2. The van der Waals surface area contributed by atoms with Gasteiger partial charge in [0.1, 0.15) is 10.0 Å². The Morgan fingerprint density at radius 1 is 1.29 bits per heavy atom. The molecule has 0 fully saturated rings. The molecule has 0 saturated heterocycles. The molecule has 0 spiro atoms. The van der Waals surface area contributed by atoms with Crippen molar-refractivity contribution in [1.29, 1.82) is 0 Å². The molecule has 0 aliphatic heterocycles. The molecule has 2 rings (SSSR count). The van der Waals surface area contributed by atoms with Gasteiger partial charge in [-0.1, -0.05) is 11.3 Å². The fourth-order valence-electron chi connectivity index (χ4n) is 1.01. The highest BCUT2D eigenvalue weighted by Crippen LogP contribution is 2.21. The summed E-state index contributed by atoms with van der Waals surface area (Å²) < 4.78 is 0. The average Bonchev–Trinajstić information content (AvgIpc) is 2.68. The van der Waals surface area contributed by atoms with E-state index < -0.39 is 0 Å². The van der Waals surface area contributed by atoms with Gasteiger partial charge in [-0.15, -0.1) is 10.2 Å². The van der Waals surface area contributed by atoms with Crippen LogP contribution in [-0.2, 0) is 6.42 Å². The number of hydrogen-bond donors (Lipinski definition) is 1. The molecule has 0 amide bonds. The molecule has 0 unspecified atom stereocenters. The van der Waals surface area contributed by atoms with E-state index in [9.17, 15) is 0 Å². The van der Waals surface area contributed by atoms with Crippen LogP contribution in [0.5, 0.6) is 0 Å². The van der Waals surface area contributed by atoms with E-state index in [1.54, 1.807) is 23.7 Å². The second kappa shape index (κ2) is 4.21. The third kappa shape index (κ3) is 1.91. The van der Waals surface area contributed by atoms with Crippen LogP contribution < -0.4 is 5.73 Å². The summed E-state index contributed by atoms with van der Waals surface area (Å²) in [5, 5.41) is 17.4. The van der Waals surface area contributed by atoms with Gasteiger partial charge >= 0.3 is 0 Å². The Hall–Kier alpha value is -1.40. The van der Waals surface area contributed by atoms with Crippen LogP contribution in [-0.4, -0.2) is 26.9 Å². The minimum atomic E-state index is 0.600. The summed E-state index contributed by atoms with van der Waals surface area (Å²) in [7, 11) is 0. The third-order valence-electron chi connectivity index (χ3n) is 1.66. The highest BCUT2D eigenvalue weighted by molar-refractivity contribution is 7.14. The van der Waals surface area contributed by atoms with Gasteiger partial charge in [0.05, 0.1) is 12.4 Å². The maximum Gasteiger partial charge on any atom is 0.149 e. The lowest BCUT2D eigenvalue weighted by Gasteiger charge is -1.90. The Morgan fingerprint density at radius 2 is 2.21 bits per heavy atom. The molecule has 0 atom stereocenters. The molecule has 0 bridgehead atoms. The van der Waals surface area contributed by atoms with E-state index >= 15 is 0 Å². The largest absolute Gasteiger partial charge is 0.330 e. The first-order chi connectivity index (χ1) is 6.90. The Kier molecular flexibility index (Phi) is 2.76. The van der Waals surface area contributed by atoms with Gasteiger partial charge in [0.2, 0.25) is 0 Å². The SMILES string of the molecule is NCCc1nnc(-c2ccnnc2)s1. The molecular weight excluding hydrogens is 198 g/mol. The highest BCUT2D eigenvalue weighted by Gasteiger charge is 2.05. The van der Waals surface area contributed by atoms with Crippen LogP contribution >= 0.6 is 11.3 Å². The minimum absolute atomic E-state index is 0.600. The molecule has 14 heavy (non-hydrogen) atoms. The predicted molar refractivity (Wildman–Crippen MR) is 53.7 cm³/mol. The smallest absolute Gasteiger partial charge is 0.149 e. The lowest BCUT2D eigenvalue weighted by Crippen LogP contribution is -2.01. The van der Waals surface area contributed by atoms with Crippen molar-refractivity contribution >= 4 is 11.3 Å². The summed E-state index contributed by atoms with van der Waals surface area (Å²) in [6.07, 6.45) is 4.09. The molecule has 0 aliphatic rings. The van der Waals surface area contributed by atoms with Crippen LogP contribution in [0.3, 0.4) is 0 Å².